The summed E-state index contributed by atoms with van der Waals surface area (Å²) in [5, 5.41) is 4.88. The summed E-state index contributed by atoms with van der Waals surface area (Å²) >= 11 is 1.49. The van der Waals surface area contributed by atoms with Crippen LogP contribution in [0, 0.1) is 0 Å². The normalized spacial score (nSPS) is 26.9. The van der Waals surface area contributed by atoms with Gasteiger partial charge in [0.2, 0.25) is 10.0 Å². The first-order valence-corrected chi connectivity index (χ1v) is 9.94. The molecule has 0 saturated carbocycles. The van der Waals surface area contributed by atoms with Crippen LogP contribution in [0.5, 0.6) is 0 Å². The molecule has 0 radical (unpaired) electrons. The molecule has 2 unspecified atom stereocenters. The maximum Gasteiger partial charge on any atom is 0.241 e. The van der Waals surface area contributed by atoms with Crippen molar-refractivity contribution in [3.63, 3.8) is 0 Å². The first-order valence-electron chi connectivity index (χ1n) is 7.57. The molecule has 2 saturated heterocycles. The van der Waals surface area contributed by atoms with Gasteiger partial charge in [-0.3, -0.25) is 0 Å². The van der Waals surface area contributed by atoms with Gasteiger partial charge in [0.15, 0.2) is 0 Å². The molecule has 0 aliphatic carbocycles. The highest BCUT2D eigenvalue weighted by atomic mass is 32.2. The summed E-state index contributed by atoms with van der Waals surface area (Å²) in [6.45, 7) is 2.79. The summed E-state index contributed by atoms with van der Waals surface area (Å²) < 4.78 is 28.1. The molecule has 0 spiro atoms. The number of fused-ring (bicyclic) bond motifs is 1. The number of piperidine rings is 1. The summed E-state index contributed by atoms with van der Waals surface area (Å²) in [7, 11) is -1.56. The second kappa shape index (κ2) is 6.34. The fraction of sp³-hybridized carbons (Fsp3) is 0.714. The third-order valence-corrected chi connectivity index (χ3v) is 7.13. The molecule has 7 heteroatoms. The third kappa shape index (κ3) is 3.32. The topological polar surface area (TPSA) is 61.4 Å². The summed E-state index contributed by atoms with van der Waals surface area (Å²) in [5.41, 5.74) is 0. The van der Waals surface area contributed by atoms with Crippen molar-refractivity contribution in [2.75, 3.05) is 20.1 Å². The number of hydrogen-bond donors (Lipinski definition) is 2. The fourth-order valence-electron chi connectivity index (χ4n) is 3.47. The van der Waals surface area contributed by atoms with Gasteiger partial charge in [0, 0.05) is 23.5 Å². The van der Waals surface area contributed by atoms with Crippen LogP contribution in [0.25, 0.3) is 0 Å². The van der Waals surface area contributed by atoms with E-state index in [-0.39, 0.29) is 6.04 Å². The second-order valence-corrected chi connectivity index (χ2v) is 8.60. The van der Waals surface area contributed by atoms with E-state index in [0.29, 0.717) is 17.5 Å². The lowest BCUT2D eigenvalue weighted by molar-refractivity contribution is 0.176. The summed E-state index contributed by atoms with van der Waals surface area (Å²) in [6, 6.07) is 2.37. The van der Waals surface area contributed by atoms with E-state index in [4.69, 9.17) is 0 Å². The second-order valence-electron chi connectivity index (χ2n) is 5.91. The Balaban J connectivity index is 1.69. The van der Waals surface area contributed by atoms with Gasteiger partial charge in [0.25, 0.3) is 0 Å². The van der Waals surface area contributed by atoms with Crippen LogP contribution in [-0.2, 0) is 16.6 Å². The standard InChI is InChI=1S/C14H23N3O2S2/c1-15-10-13-14(5-8-20-13)21(18,19)16-11-4-7-17-6-2-3-12(17)9-11/h5,8,11-12,15-16H,2-4,6-7,9-10H2,1H3. The van der Waals surface area contributed by atoms with Gasteiger partial charge in [-0.15, -0.1) is 11.3 Å². The maximum absolute atomic E-state index is 12.6. The lowest BCUT2D eigenvalue weighted by atomic mass is 9.99. The molecule has 2 N–H and O–H groups in total. The Morgan fingerprint density at radius 2 is 2.24 bits per heavy atom. The van der Waals surface area contributed by atoms with Gasteiger partial charge in [-0.1, -0.05) is 0 Å². The van der Waals surface area contributed by atoms with Crippen LogP contribution in [0.3, 0.4) is 0 Å². The van der Waals surface area contributed by atoms with Crippen molar-refractivity contribution in [2.24, 2.45) is 0 Å². The molecule has 3 heterocycles. The lowest BCUT2D eigenvalue weighted by Gasteiger charge is -2.34. The van der Waals surface area contributed by atoms with Gasteiger partial charge in [-0.05, 0) is 57.3 Å². The smallest absolute Gasteiger partial charge is 0.241 e. The molecule has 2 atom stereocenters. The lowest BCUT2D eigenvalue weighted by Crippen LogP contribution is -2.47. The Bertz CT molecular complexity index is 585. The number of thiophene rings is 1. The van der Waals surface area contributed by atoms with Crippen molar-refractivity contribution in [3.05, 3.63) is 16.3 Å². The number of nitrogens with one attached hydrogen (secondary N) is 2. The molecule has 3 rings (SSSR count). The minimum absolute atomic E-state index is 0.0803. The van der Waals surface area contributed by atoms with Crippen LogP contribution in [0.4, 0.5) is 0 Å². The molecule has 2 fully saturated rings. The van der Waals surface area contributed by atoms with Crippen LogP contribution >= 0.6 is 11.3 Å². The summed E-state index contributed by atoms with van der Waals surface area (Å²) in [4.78, 5) is 3.82. The molecule has 21 heavy (non-hydrogen) atoms. The van der Waals surface area contributed by atoms with Gasteiger partial charge in [-0.25, -0.2) is 13.1 Å². The highest BCUT2D eigenvalue weighted by molar-refractivity contribution is 7.89. The van der Waals surface area contributed by atoms with Crippen molar-refractivity contribution in [1.29, 1.82) is 0 Å². The van der Waals surface area contributed by atoms with Crippen LogP contribution in [0.15, 0.2) is 16.3 Å². The van der Waals surface area contributed by atoms with E-state index in [2.05, 4.69) is 14.9 Å². The van der Waals surface area contributed by atoms with Crippen molar-refractivity contribution in [1.82, 2.24) is 14.9 Å². The maximum atomic E-state index is 12.6. The van der Waals surface area contributed by atoms with E-state index in [1.807, 2.05) is 12.4 Å². The number of sulfonamides is 1. The number of nitrogens with zero attached hydrogens (tertiary/aromatic N) is 1. The first-order chi connectivity index (χ1) is 10.1. The van der Waals surface area contributed by atoms with E-state index in [0.717, 1.165) is 24.3 Å². The Kier molecular flexibility index (Phi) is 4.66. The van der Waals surface area contributed by atoms with Gasteiger partial charge in [-0.2, -0.15) is 0 Å². The summed E-state index contributed by atoms with van der Waals surface area (Å²) in [5.74, 6) is 0. The van der Waals surface area contributed by atoms with Gasteiger partial charge >= 0.3 is 0 Å². The van der Waals surface area contributed by atoms with Crippen LogP contribution < -0.4 is 10.0 Å². The predicted octanol–water partition coefficient (Wildman–Crippen LogP) is 1.37. The Labute approximate surface area is 130 Å². The minimum Gasteiger partial charge on any atom is -0.315 e. The summed E-state index contributed by atoms with van der Waals surface area (Å²) in [6.07, 6.45) is 4.33. The van der Waals surface area contributed by atoms with E-state index in [1.165, 1.54) is 30.7 Å². The van der Waals surface area contributed by atoms with E-state index in [1.54, 1.807) is 6.07 Å². The van der Waals surface area contributed by atoms with Crippen molar-refractivity contribution < 1.29 is 8.42 Å². The highest BCUT2D eigenvalue weighted by Gasteiger charge is 2.34. The Morgan fingerprint density at radius 3 is 3.05 bits per heavy atom. The monoisotopic (exact) mass is 329 g/mol. The van der Waals surface area contributed by atoms with E-state index >= 15 is 0 Å². The molecule has 0 aromatic carbocycles. The number of hydrogen-bond acceptors (Lipinski definition) is 5. The van der Waals surface area contributed by atoms with Gasteiger partial charge in [0.05, 0.1) is 4.90 Å². The van der Waals surface area contributed by atoms with Crippen LogP contribution in [0.1, 0.15) is 30.6 Å². The van der Waals surface area contributed by atoms with E-state index < -0.39 is 10.0 Å². The third-order valence-electron chi connectivity index (χ3n) is 4.47. The van der Waals surface area contributed by atoms with Crippen LogP contribution in [0.2, 0.25) is 0 Å². The predicted molar refractivity (Wildman–Crippen MR) is 85.0 cm³/mol. The molecule has 1 aromatic rings. The number of rotatable bonds is 5. The molecule has 5 nitrogen and oxygen atoms in total. The van der Waals surface area contributed by atoms with Crippen molar-refractivity contribution >= 4 is 21.4 Å². The molecular weight excluding hydrogens is 306 g/mol. The average Bonchev–Trinajstić information content (AvgIpc) is 3.06. The Morgan fingerprint density at radius 1 is 1.38 bits per heavy atom. The molecular formula is C14H23N3O2S2. The molecule has 0 bridgehead atoms. The average molecular weight is 329 g/mol. The zero-order chi connectivity index (χ0) is 14.9. The molecule has 1 aromatic heterocycles. The highest BCUT2D eigenvalue weighted by Crippen LogP contribution is 2.28. The SMILES string of the molecule is CNCc1sccc1S(=O)(=O)NC1CCN2CCCC2C1. The first kappa shape index (κ1) is 15.4. The molecule has 0 amide bonds. The Hall–Kier alpha value is -0.470. The molecule has 2 aliphatic rings. The van der Waals surface area contributed by atoms with Gasteiger partial charge in [0.1, 0.15) is 0 Å². The zero-order valence-corrected chi connectivity index (χ0v) is 14.0. The van der Waals surface area contributed by atoms with Crippen LogP contribution in [-0.4, -0.2) is 45.5 Å². The molecule has 118 valence electrons. The van der Waals surface area contributed by atoms with Gasteiger partial charge < -0.3 is 10.2 Å². The van der Waals surface area contributed by atoms with Crippen molar-refractivity contribution in [3.8, 4) is 0 Å². The quantitative estimate of drug-likeness (QED) is 0.857. The van der Waals surface area contributed by atoms with E-state index in [9.17, 15) is 8.42 Å². The fourth-order valence-corrected chi connectivity index (χ4v) is 6.21. The van der Waals surface area contributed by atoms with Crippen molar-refractivity contribution in [2.45, 2.75) is 49.2 Å². The minimum atomic E-state index is -3.40. The zero-order valence-electron chi connectivity index (χ0n) is 12.3. The molecule has 2 aliphatic heterocycles. The largest absolute Gasteiger partial charge is 0.315 e.